The van der Waals surface area contributed by atoms with Crippen molar-refractivity contribution in [1.82, 2.24) is 4.90 Å². The minimum absolute atomic E-state index is 0.461. The molecule has 0 amide bonds. The van der Waals surface area contributed by atoms with Gasteiger partial charge in [-0.2, -0.15) is 0 Å². The van der Waals surface area contributed by atoms with E-state index in [0.717, 1.165) is 13.0 Å². The summed E-state index contributed by atoms with van der Waals surface area (Å²) < 4.78 is 10.8. The summed E-state index contributed by atoms with van der Waals surface area (Å²) in [5.74, 6) is 1.12. The zero-order valence-corrected chi connectivity index (χ0v) is 11.8. The van der Waals surface area contributed by atoms with Crippen molar-refractivity contribution in [3.05, 3.63) is 22.2 Å². The predicted molar refractivity (Wildman–Crippen MR) is 71.7 cm³/mol. The van der Waals surface area contributed by atoms with Crippen LogP contribution in [0.5, 0.6) is 11.5 Å². The first-order valence-electron chi connectivity index (χ1n) is 5.35. The zero-order valence-electron chi connectivity index (χ0n) is 10.3. The fourth-order valence-electron chi connectivity index (χ4n) is 1.40. The third kappa shape index (κ3) is 4.62. The van der Waals surface area contributed by atoms with E-state index in [1.54, 1.807) is 19.2 Å². The van der Waals surface area contributed by atoms with Crippen LogP contribution in [0.15, 0.2) is 12.1 Å². The molecular formula is C12H17Cl2NO2. The molecule has 0 atom stereocenters. The van der Waals surface area contributed by atoms with Crippen molar-refractivity contribution in [1.29, 1.82) is 0 Å². The van der Waals surface area contributed by atoms with Gasteiger partial charge in [-0.05, 0) is 26.6 Å². The average molecular weight is 278 g/mol. The molecule has 0 saturated carbocycles. The lowest BCUT2D eigenvalue weighted by Gasteiger charge is -2.13. The van der Waals surface area contributed by atoms with E-state index in [9.17, 15) is 0 Å². The van der Waals surface area contributed by atoms with Crippen molar-refractivity contribution in [3.63, 3.8) is 0 Å². The second-order valence-electron chi connectivity index (χ2n) is 3.92. The molecule has 1 aromatic carbocycles. The third-order valence-electron chi connectivity index (χ3n) is 2.19. The Labute approximate surface area is 112 Å². The largest absolute Gasteiger partial charge is 0.491 e. The lowest BCUT2D eigenvalue weighted by Crippen LogP contribution is -2.15. The maximum absolute atomic E-state index is 6.00. The van der Waals surface area contributed by atoms with E-state index in [4.69, 9.17) is 32.7 Å². The van der Waals surface area contributed by atoms with Gasteiger partial charge in [0.25, 0.3) is 0 Å². The Bertz CT molecular complexity index is 370. The van der Waals surface area contributed by atoms with Gasteiger partial charge in [-0.3, -0.25) is 0 Å². The summed E-state index contributed by atoms with van der Waals surface area (Å²) in [5.41, 5.74) is 0. The Morgan fingerprint density at radius 1 is 1.24 bits per heavy atom. The fraction of sp³-hybridized carbons (Fsp3) is 0.500. The van der Waals surface area contributed by atoms with Crippen LogP contribution in [0, 0.1) is 0 Å². The molecule has 0 aliphatic heterocycles. The van der Waals surface area contributed by atoms with Crippen LogP contribution in [0.25, 0.3) is 0 Å². The topological polar surface area (TPSA) is 21.7 Å². The molecule has 0 radical (unpaired) electrons. The molecule has 0 bridgehead atoms. The first kappa shape index (κ1) is 14.4. The average Bonchev–Trinajstić information content (AvgIpc) is 2.23. The summed E-state index contributed by atoms with van der Waals surface area (Å²) in [6, 6.07) is 3.34. The molecule has 0 unspecified atom stereocenters. The van der Waals surface area contributed by atoms with Crippen molar-refractivity contribution in [2.45, 2.75) is 6.42 Å². The number of nitrogens with zero attached hydrogens (tertiary/aromatic N) is 1. The maximum atomic E-state index is 6.00. The van der Waals surface area contributed by atoms with E-state index in [2.05, 4.69) is 4.90 Å². The van der Waals surface area contributed by atoms with Gasteiger partial charge in [0.2, 0.25) is 0 Å². The molecule has 1 rings (SSSR count). The van der Waals surface area contributed by atoms with Gasteiger partial charge in [0, 0.05) is 17.6 Å². The molecule has 0 spiro atoms. The summed E-state index contributed by atoms with van der Waals surface area (Å²) >= 11 is 11.9. The number of hydrogen-bond acceptors (Lipinski definition) is 3. The molecule has 0 saturated heterocycles. The molecule has 0 N–H and O–H groups in total. The van der Waals surface area contributed by atoms with Gasteiger partial charge in [-0.1, -0.05) is 23.2 Å². The molecule has 0 heterocycles. The van der Waals surface area contributed by atoms with Crippen LogP contribution >= 0.6 is 23.2 Å². The number of hydrogen-bond donors (Lipinski definition) is 0. The first-order chi connectivity index (χ1) is 8.04. The lowest BCUT2D eigenvalue weighted by molar-refractivity contribution is 0.268. The van der Waals surface area contributed by atoms with Crippen molar-refractivity contribution < 1.29 is 9.47 Å². The van der Waals surface area contributed by atoms with E-state index in [-0.39, 0.29) is 0 Å². The van der Waals surface area contributed by atoms with Crippen molar-refractivity contribution in [2.75, 3.05) is 34.4 Å². The minimum Gasteiger partial charge on any atom is -0.491 e. The Morgan fingerprint density at radius 3 is 2.53 bits per heavy atom. The van der Waals surface area contributed by atoms with Gasteiger partial charge in [-0.15, -0.1) is 0 Å². The molecule has 0 aliphatic carbocycles. The van der Waals surface area contributed by atoms with Gasteiger partial charge in [0.1, 0.15) is 0 Å². The Morgan fingerprint density at radius 2 is 1.94 bits per heavy atom. The molecule has 0 aliphatic rings. The van der Waals surface area contributed by atoms with E-state index < -0.39 is 0 Å². The summed E-state index contributed by atoms with van der Waals surface area (Å²) in [6.07, 6.45) is 0.931. The SMILES string of the molecule is COc1c(Cl)cc(Cl)cc1OCCCN(C)C. The van der Waals surface area contributed by atoms with Gasteiger partial charge in [-0.25, -0.2) is 0 Å². The van der Waals surface area contributed by atoms with E-state index in [0.29, 0.717) is 28.2 Å². The summed E-state index contributed by atoms with van der Waals surface area (Å²) in [6.45, 7) is 1.57. The second kappa shape index (κ2) is 6.94. The van der Waals surface area contributed by atoms with Crippen molar-refractivity contribution in [2.24, 2.45) is 0 Å². The third-order valence-corrected chi connectivity index (χ3v) is 2.68. The highest BCUT2D eigenvalue weighted by Gasteiger charge is 2.10. The van der Waals surface area contributed by atoms with Crippen LogP contribution in [-0.4, -0.2) is 39.3 Å². The van der Waals surface area contributed by atoms with Crippen LogP contribution in [0.3, 0.4) is 0 Å². The fourth-order valence-corrected chi connectivity index (χ4v) is 1.96. The van der Waals surface area contributed by atoms with Gasteiger partial charge < -0.3 is 14.4 Å². The van der Waals surface area contributed by atoms with E-state index >= 15 is 0 Å². The molecule has 5 heteroatoms. The Kier molecular flexibility index (Phi) is 5.89. The molecule has 1 aromatic rings. The highest BCUT2D eigenvalue weighted by Crippen LogP contribution is 2.37. The molecule has 17 heavy (non-hydrogen) atoms. The monoisotopic (exact) mass is 277 g/mol. The number of methoxy groups -OCH3 is 1. The number of rotatable bonds is 6. The highest BCUT2D eigenvalue weighted by molar-refractivity contribution is 6.35. The quantitative estimate of drug-likeness (QED) is 0.745. The van der Waals surface area contributed by atoms with Crippen LogP contribution in [-0.2, 0) is 0 Å². The summed E-state index contributed by atoms with van der Waals surface area (Å²) in [5, 5.41) is 1.00. The zero-order chi connectivity index (χ0) is 12.8. The summed E-state index contributed by atoms with van der Waals surface area (Å²) in [4.78, 5) is 2.10. The first-order valence-corrected chi connectivity index (χ1v) is 6.10. The van der Waals surface area contributed by atoms with Crippen LogP contribution in [0.1, 0.15) is 6.42 Å². The maximum Gasteiger partial charge on any atom is 0.179 e. The lowest BCUT2D eigenvalue weighted by atomic mass is 10.3. The normalized spacial score (nSPS) is 10.7. The van der Waals surface area contributed by atoms with Gasteiger partial charge >= 0.3 is 0 Å². The number of halogens is 2. The van der Waals surface area contributed by atoms with E-state index in [1.165, 1.54) is 0 Å². The number of ether oxygens (including phenoxy) is 2. The molecule has 0 aromatic heterocycles. The van der Waals surface area contributed by atoms with Crippen LogP contribution in [0.4, 0.5) is 0 Å². The van der Waals surface area contributed by atoms with Crippen LogP contribution < -0.4 is 9.47 Å². The van der Waals surface area contributed by atoms with Crippen molar-refractivity contribution in [3.8, 4) is 11.5 Å². The number of benzene rings is 1. The molecule has 96 valence electrons. The predicted octanol–water partition coefficient (Wildman–Crippen LogP) is 3.33. The molecule has 3 nitrogen and oxygen atoms in total. The standard InChI is InChI=1S/C12H17Cl2NO2/c1-15(2)5-4-6-17-11-8-9(13)7-10(14)12(11)16-3/h7-8H,4-6H2,1-3H3. The summed E-state index contributed by atoms with van der Waals surface area (Å²) in [7, 11) is 5.61. The van der Waals surface area contributed by atoms with Gasteiger partial charge in [0.05, 0.1) is 18.7 Å². The second-order valence-corrected chi connectivity index (χ2v) is 4.77. The highest BCUT2D eigenvalue weighted by atomic mass is 35.5. The molecule has 0 fully saturated rings. The van der Waals surface area contributed by atoms with Crippen LogP contribution in [0.2, 0.25) is 10.0 Å². The molecular weight excluding hydrogens is 261 g/mol. The Balaban J connectivity index is 2.63. The Hall–Kier alpha value is -0.640. The van der Waals surface area contributed by atoms with Gasteiger partial charge in [0.15, 0.2) is 11.5 Å². The minimum atomic E-state index is 0.461. The smallest absolute Gasteiger partial charge is 0.179 e. The van der Waals surface area contributed by atoms with E-state index in [1.807, 2.05) is 14.1 Å². The van der Waals surface area contributed by atoms with Crippen molar-refractivity contribution >= 4 is 23.2 Å².